The first-order chi connectivity index (χ1) is 10.2. The molecular formula is C17H16BrNOS. The number of halogens is 1. The molecule has 2 aromatic carbocycles. The summed E-state index contributed by atoms with van der Waals surface area (Å²) in [4.78, 5) is 13.5. The molecule has 0 saturated heterocycles. The minimum atomic E-state index is 0.0982. The number of anilines is 1. The molecule has 0 heterocycles. The Morgan fingerprint density at radius 3 is 2.62 bits per heavy atom. The maximum Gasteiger partial charge on any atom is 0.228 e. The lowest BCUT2D eigenvalue weighted by Gasteiger charge is -2.09. The molecule has 1 fully saturated rings. The van der Waals surface area contributed by atoms with Gasteiger partial charge in [-0.3, -0.25) is 4.79 Å². The summed E-state index contributed by atoms with van der Waals surface area (Å²) < 4.78 is 1.07. The number of benzene rings is 2. The van der Waals surface area contributed by atoms with E-state index in [0.29, 0.717) is 5.92 Å². The van der Waals surface area contributed by atoms with E-state index in [1.807, 2.05) is 42.7 Å². The van der Waals surface area contributed by atoms with Crippen molar-refractivity contribution in [1.29, 1.82) is 0 Å². The van der Waals surface area contributed by atoms with Crippen molar-refractivity contribution in [1.82, 2.24) is 0 Å². The Morgan fingerprint density at radius 2 is 1.90 bits per heavy atom. The molecule has 108 valence electrons. The van der Waals surface area contributed by atoms with Crippen molar-refractivity contribution in [2.45, 2.75) is 17.2 Å². The van der Waals surface area contributed by atoms with Crippen LogP contribution in [0.4, 0.5) is 5.69 Å². The number of rotatable bonds is 4. The van der Waals surface area contributed by atoms with E-state index in [1.165, 1.54) is 5.56 Å². The van der Waals surface area contributed by atoms with Crippen molar-refractivity contribution in [2.24, 2.45) is 5.92 Å². The number of hydrogen-bond acceptors (Lipinski definition) is 2. The topological polar surface area (TPSA) is 29.1 Å². The fraction of sp³-hybridized carbons (Fsp3) is 0.235. The smallest absolute Gasteiger partial charge is 0.228 e. The largest absolute Gasteiger partial charge is 0.325 e. The number of nitrogens with one attached hydrogen (secondary N) is 1. The van der Waals surface area contributed by atoms with Gasteiger partial charge in [0.15, 0.2) is 0 Å². The van der Waals surface area contributed by atoms with Gasteiger partial charge in [-0.15, -0.1) is 11.8 Å². The Kier molecular flexibility index (Phi) is 4.36. The van der Waals surface area contributed by atoms with Gasteiger partial charge in [-0.05, 0) is 48.4 Å². The number of carbonyl (C=O) groups excluding carboxylic acids is 1. The van der Waals surface area contributed by atoms with Crippen LogP contribution in [0.1, 0.15) is 17.9 Å². The van der Waals surface area contributed by atoms with Gasteiger partial charge in [0.25, 0.3) is 0 Å². The molecule has 2 nitrogen and oxygen atoms in total. The standard InChI is InChI=1S/C17H16BrNOS/c1-21-16-5-3-2-4-15(16)19-17(20)14-10-13(14)11-6-8-12(18)9-7-11/h2-9,13-14H,10H2,1H3,(H,19,20). The van der Waals surface area contributed by atoms with Crippen LogP contribution in [0.3, 0.4) is 0 Å². The normalized spacial score (nSPS) is 20.1. The summed E-state index contributed by atoms with van der Waals surface area (Å²) in [6, 6.07) is 16.2. The van der Waals surface area contributed by atoms with Gasteiger partial charge in [-0.1, -0.05) is 40.2 Å². The van der Waals surface area contributed by atoms with E-state index in [-0.39, 0.29) is 11.8 Å². The highest BCUT2D eigenvalue weighted by molar-refractivity contribution is 9.10. The zero-order chi connectivity index (χ0) is 14.8. The summed E-state index contributed by atoms with van der Waals surface area (Å²) in [7, 11) is 0. The fourth-order valence-corrected chi connectivity index (χ4v) is 3.35. The Labute approximate surface area is 137 Å². The second-order valence-electron chi connectivity index (χ2n) is 5.19. The average molecular weight is 362 g/mol. The summed E-state index contributed by atoms with van der Waals surface area (Å²) in [5.41, 5.74) is 2.16. The van der Waals surface area contributed by atoms with Crippen LogP contribution in [0.5, 0.6) is 0 Å². The lowest BCUT2D eigenvalue weighted by Crippen LogP contribution is -2.15. The summed E-state index contributed by atoms with van der Waals surface area (Å²) in [5, 5.41) is 3.07. The van der Waals surface area contributed by atoms with E-state index in [1.54, 1.807) is 11.8 Å². The Morgan fingerprint density at radius 1 is 1.19 bits per heavy atom. The predicted octanol–water partition coefficient (Wildman–Crippen LogP) is 4.91. The zero-order valence-electron chi connectivity index (χ0n) is 11.7. The Balaban J connectivity index is 1.66. The highest BCUT2D eigenvalue weighted by Gasteiger charge is 2.43. The van der Waals surface area contributed by atoms with Crippen molar-refractivity contribution in [3.05, 3.63) is 58.6 Å². The highest BCUT2D eigenvalue weighted by Crippen LogP contribution is 2.48. The van der Waals surface area contributed by atoms with E-state index in [2.05, 4.69) is 33.4 Å². The van der Waals surface area contributed by atoms with E-state index < -0.39 is 0 Å². The molecule has 0 bridgehead atoms. The minimum Gasteiger partial charge on any atom is -0.325 e. The van der Waals surface area contributed by atoms with Crippen LogP contribution in [0, 0.1) is 5.92 Å². The van der Waals surface area contributed by atoms with Crippen LogP contribution < -0.4 is 5.32 Å². The molecule has 2 aromatic rings. The summed E-state index contributed by atoms with van der Waals surface area (Å²) in [6.07, 6.45) is 2.96. The maximum atomic E-state index is 12.4. The van der Waals surface area contributed by atoms with Crippen LogP contribution in [-0.4, -0.2) is 12.2 Å². The predicted molar refractivity (Wildman–Crippen MR) is 91.8 cm³/mol. The number of hydrogen-bond donors (Lipinski definition) is 1. The number of amides is 1. The Bertz CT molecular complexity index is 656. The third kappa shape index (κ3) is 3.33. The highest BCUT2D eigenvalue weighted by atomic mass is 79.9. The molecular weight excluding hydrogens is 346 g/mol. The lowest BCUT2D eigenvalue weighted by atomic mass is 10.1. The van der Waals surface area contributed by atoms with Crippen LogP contribution in [0.2, 0.25) is 0 Å². The molecule has 0 spiro atoms. The molecule has 1 aliphatic carbocycles. The van der Waals surface area contributed by atoms with Crippen molar-refractivity contribution in [3.8, 4) is 0 Å². The van der Waals surface area contributed by atoms with Gasteiger partial charge in [0.05, 0.1) is 5.69 Å². The third-order valence-corrected chi connectivity index (χ3v) is 5.11. The van der Waals surface area contributed by atoms with Gasteiger partial charge < -0.3 is 5.32 Å². The molecule has 1 saturated carbocycles. The second-order valence-corrected chi connectivity index (χ2v) is 6.95. The molecule has 1 N–H and O–H groups in total. The van der Waals surface area contributed by atoms with Gasteiger partial charge in [-0.2, -0.15) is 0 Å². The maximum absolute atomic E-state index is 12.4. The van der Waals surface area contributed by atoms with Crippen molar-refractivity contribution in [2.75, 3.05) is 11.6 Å². The van der Waals surface area contributed by atoms with Gasteiger partial charge in [0, 0.05) is 15.3 Å². The minimum absolute atomic E-state index is 0.0982. The van der Waals surface area contributed by atoms with Crippen LogP contribution >= 0.6 is 27.7 Å². The molecule has 0 radical (unpaired) electrons. The number of para-hydroxylation sites is 1. The van der Waals surface area contributed by atoms with Crippen molar-refractivity contribution in [3.63, 3.8) is 0 Å². The van der Waals surface area contributed by atoms with Gasteiger partial charge in [0.1, 0.15) is 0 Å². The van der Waals surface area contributed by atoms with Gasteiger partial charge >= 0.3 is 0 Å². The molecule has 1 amide bonds. The lowest BCUT2D eigenvalue weighted by molar-refractivity contribution is -0.117. The summed E-state index contributed by atoms with van der Waals surface area (Å²) in [6.45, 7) is 0. The summed E-state index contributed by atoms with van der Waals surface area (Å²) in [5.74, 6) is 0.588. The quantitative estimate of drug-likeness (QED) is 0.783. The second kappa shape index (κ2) is 6.24. The third-order valence-electron chi connectivity index (χ3n) is 3.79. The van der Waals surface area contributed by atoms with Crippen molar-refractivity contribution < 1.29 is 4.79 Å². The van der Waals surface area contributed by atoms with Crippen molar-refractivity contribution >= 4 is 39.3 Å². The molecule has 0 aliphatic heterocycles. The molecule has 2 atom stereocenters. The first-order valence-electron chi connectivity index (χ1n) is 6.88. The fourth-order valence-electron chi connectivity index (χ4n) is 2.54. The van der Waals surface area contributed by atoms with Crippen LogP contribution in [0.15, 0.2) is 57.9 Å². The first kappa shape index (κ1) is 14.7. The monoisotopic (exact) mass is 361 g/mol. The summed E-state index contributed by atoms with van der Waals surface area (Å²) >= 11 is 5.09. The molecule has 4 heteroatoms. The van der Waals surface area contributed by atoms with Crippen LogP contribution in [0.25, 0.3) is 0 Å². The van der Waals surface area contributed by atoms with E-state index >= 15 is 0 Å². The zero-order valence-corrected chi connectivity index (χ0v) is 14.1. The van der Waals surface area contributed by atoms with Crippen LogP contribution in [-0.2, 0) is 4.79 Å². The molecule has 21 heavy (non-hydrogen) atoms. The number of thioether (sulfide) groups is 1. The molecule has 1 aliphatic rings. The van der Waals surface area contributed by atoms with Gasteiger partial charge in [-0.25, -0.2) is 0 Å². The van der Waals surface area contributed by atoms with E-state index in [0.717, 1.165) is 21.5 Å². The first-order valence-corrected chi connectivity index (χ1v) is 8.90. The molecule has 3 rings (SSSR count). The molecule has 2 unspecified atom stereocenters. The van der Waals surface area contributed by atoms with E-state index in [4.69, 9.17) is 0 Å². The molecule has 0 aromatic heterocycles. The van der Waals surface area contributed by atoms with E-state index in [9.17, 15) is 4.79 Å². The number of carbonyl (C=O) groups is 1. The average Bonchev–Trinajstić information content (AvgIpc) is 3.29. The SMILES string of the molecule is CSc1ccccc1NC(=O)C1CC1c1ccc(Br)cc1. The van der Waals surface area contributed by atoms with Gasteiger partial charge in [0.2, 0.25) is 5.91 Å². The Hall–Kier alpha value is -1.26.